The summed E-state index contributed by atoms with van der Waals surface area (Å²) in [5.74, 6) is -0.354. The number of aliphatic carboxylic acids is 1. The van der Waals surface area contributed by atoms with Crippen LogP contribution in [0.5, 0.6) is 0 Å². The molecule has 3 unspecified atom stereocenters. The Hall–Kier alpha value is -1.39. The number of likely N-dealkylation sites (tertiary alicyclic amines) is 1. The molecule has 1 aromatic carbocycles. The van der Waals surface area contributed by atoms with Gasteiger partial charge in [0.1, 0.15) is 5.54 Å². The molecule has 2 aliphatic rings. The van der Waals surface area contributed by atoms with Crippen molar-refractivity contribution in [1.29, 1.82) is 0 Å². The molecular formula is C17H24N2O2. The van der Waals surface area contributed by atoms with E-state index >= 15 is 0 Å². The molecule has 4 nitrogen and oxygen atoms in total. The number of benzene rings is 1. The van der Waals surface area contributed by atoms with Crippen molar-refractivity contribution in [3.05, 3.63) is 35.9 Å². The molecule has 0 radical (unpaired) electrons. The zero-order valence-corrected chi connectivity index (χ0v) is 12.4. The highest BCUT2D eigenvalue weighted by Crippen LogP contribution is 2.38. The van der Waals surface area contributed by atoms with Crippen LogP contribution in [0.15, 0.2) is 30.3 Å². The maximum atomic E-state index is 11.4. The Kier molecular flexibility index (Phi) is 4.00. The maximum Gasteiger partial charge on any atom is 0.325 e. The normalized spacial score (nSPS) is 34.0. The van der Waals surface area contributed by atoms with Crippen LogP contribution in [0.3, 0.4) is 0 Å². The maximum absolute atomic E-state index is 11.4. The average molecular weight is 288 g/mol. The van der Waals surface area contributed by atoms with Crippen LogP contribution < -0.4 is 5.73 Å². The zero-order chi connectivity index (χ0) is 14.9. The van der Waals surface area contributed by atoms with Gasteiger partial charge in [-0.1, -0.05) is 43.2 Å². The Morgan fingerprint density at radius 3 is 2.62 bits per heavy atom. The van der Waals surface area contributed by atoms with Crippen LogP contribution in [-0.2, 0) is 4.79 Å². The van der Waals surface area contributed by atoms with Gasteiger partial charge in [-0.25, -0.2) is 0 Å². The summed E-state index contributed by atoms with van der Waals surface area (Å²) in [5, 5.41) is 9.32. The average Bonchev–Trinajstić information content (AvgIpc) is 2.92. The van der Waals surface area contributed by atoms with Crippen molar-refractivity contribution >= 4 is 5.97 Å². The number of hydrogen-bond acceptors (Lipinski definition) is 3. The lowest BCUT2D eigenvalue weighted by molar-refractivity contribution is -0.142. The first-order chi connectivity index (χ1) is 10.1. The Balaban J connectivity index is 1.78. The quantitative estimate of drug-likeness (QED) is 0.895. The fraction of sp³-hybridized carbons (Fsp3) is 0.588. The van der Waals surface area contributed by atoms with Crippen LogP contribution in [0.2, 0.25) is 0 Å². The van der Waals surface area contributed by atoms with Crippen molar-refractivity contribution in [1.82, 2.24) is 4.90 Å². The zero-order valence-electron chi connectivity index (χ0n) is 12.4. The number of carbonyl (C=O) groups is 1. The third-order valence-electron chi connectivity index (χ3n) is 5.18. The lowest BCUT2D eigenvalue weighted by Gasteiger charge is -2.38. The van der Waals surface area contributed by atoms with Crippen molar-refractivity contribution in [3.63, 3.8) is 0 Å². The van der Waals surface area contributed by atoms with Crippen molar-refractivity contribution in [2.75, 3.05) is 13.1 Å². The van der Waals surface area contributed by atoms with Gasteiger partial charge in [0.05, 0.1) is 0 Å². The summed E-state index contributed by atoms with van der Waals surface area (Å²) in [7, 11) is 0. The van der Waals surface area contributed by atoms with Gasteiger partial charge in [-0.3, -0.25) is 9.69 Å². The molecule has 1 saturated carbocycles. The second-order valence-electron chi connectivity index (χ2n) is 6.55. The molecule has 4 heteroatoms. The monoisotopic (exact) mass is 288 g/mol. The van der Waals surface area contributed by atoms with Gasteiger partial charge in [0.2, 0.25) is 0 Å². The van der Waals surface area contributed by atoms with Gasteiger partial charge in [0.15, 0.2) is 0 Å². The number of carboxylic acid groups (broad SMARTS) is 1. The van der Waals surface area contributed by atoms with Crippen LogP contribution in [0.1, 0.15) is 43.6 Å². The predicted molar refractivity (Wildman–Crippen MR) is 82.2 cm³/mol. The SMILES string of the molecule is NC1(C(=O)O)CCN(C2CCCCC2c2ccccc2)C1. The minimum absolute atomic E-state index is 0.436. The summed E-state index contributed by atoms with van der Waals surface area (Å²) in [4.78, 5) is 13.7. The largest absolute Gasteiger partial charge is 0.480 e. The molecule has 3 N–H and O–H groups in total. The van der Waals surface area contributed by atoms with Crippen LogP contribution in [0.4, 0.5) is 0 Å². The topological polar surface area (TPSA) is 66.6 Å². The second-order valence-corrected chi connectivity index (χ2v) is 6.55. The molecule has 2 fully saturated rings. The summed E-state index contributed by atoms with van der Waals surface area (Å²) < 4.78 is 0. The molecule has 1 aliphatic heterocycles. The lowest BCUT2D eigenvalue weighted by atomic mass is 9.79. The molecule has 1 heterocycles. The number of nitrogens with zero attached hydrogens (tertiary/aromatic N) is 1. The van der Waals surface area contributed by atoms with E-state index in [1.165, 1.54) is 24.8 Å². The summed E-state index contributed by atoms with van der Waals surface area (Å²) in [5.41, 5.74) is 6.37. The van der Waals surface area contributed by atoms with Crippen LogP contribution in [-0.4, -0.2) is 40.6 Å². The van der Waals surface area contributed by atoms with E-state index in [0.29, 0.717) is 24.9 Å². The van der Waals surface area contributed by atoms with E-state index in [1.54, 1.807) is 0 Å². The predicted octanol–water partition coefficient (Wildman–Crippen LogP) is 2.20. The minimum Gasteiger partial charge on any atom is -0.480 e. The van der Waals surface area contributed by atoms with Gasteiger partial charge < -0.3 is 10.8 Å². The van der Waals surface area contributed by atoms with E-state index in [0.717, 1.165) is 13.0 Å². The molecule has 3 rings (SSSR count). The molecule has 0 aromatic heterocycles. The summed E-state index contributed by atoms with van der Waals surface area (Å²) in [6.07, 6.45) is 5.39. The molecule has 0 amide bonds. The Bertz CT molecular complexity index is 505. The molecule has 1 aromatic rings. The lowest BCUT2D eigenvalue weighted by Crippen LogP contribution is -2.52. The van der Waals surface area contributed by atoms with E-state index in [4.69, 9.17) is 5.73 Å². The summed E-state index contributed by atoms with van der Waals surface area (Å²) in [6.45, 7) is 1.28. The van der Waals surface area contributed by atoms with Crippen molar-refractivity contribution in [2.24, 2.45) is 5.73 Å². The van der Waals surface area contributed by atoms with Gasteiger partial charge in [-0.15, -0.1) is 0 Å². The molecular weight excluding hydrogens is 264 g/mol. The first-order valence-electron chi connectivity index (χ1n) is 7.91. The first kappa shape index (κ1) is 14.5. The molecule has 21 heavy (non-hydrogen) atoms. The minimum atomic E-state index is -1.06. The van der Waals surface area contributed by atoms with Gasteiger partial charge in [0, 0.05) is 19.1 Å². The van der Waals surface area contributed by atoms with Gasteiger partial charge in [-0.05, 0) is 30.7 Å². The molecule has 1 saturated heterocycles. The van der Waals surface area contributed by atoms with Crippen molar-refractivity contribution < 1.29 is 9.90 Å². The van der Waals surface area contributed by atoms with Gasteiger partial charge in [-0.2, -0.15) is 0 Å². The summed E-state index contributed by atoms with van der Waals surface area (Å²) >= 11 is 0. The van der Waals surface area contributed by atoms with E-state index in [9.17, 15) is 9.90 Å². The highest BCUT2D eigenvalue weighted by atomic mass is 16.4. The molecule has 114 valence electrons. The fourth-order valence-electron chi connectivity index (χ4n) is 3.96. The number of hydrogen-bond donors (Lipinski definition) is 2. The van der Waals surface area contributed by atoms with Crippen molar-refractivity contribution in [3.8, 4) is 0 Å². The number of carboxylic acids is 1. The molecule has 1 aliphatic carbocycles. The second kappa shape index (κ2) is 5.78. The fourth-order valence-corrected chi connectivity index (χ4v) is 3.96. The highest BCUT2D eigenvalue weighted by Gasteiger charge is 2.45. The Morgan fingerprint density at radius 1 is 1.24 bits per heavy atom. The van der Waals surface area contributed by atoms with E-state index in [-0.39, 0.29) is 0 Å². The van der Waals surface area contributed by atoms with Gasteiger partial charge >= 0.3 is 5.97 Å². The van der Waals surface area contributed by atoms with E-state index in [1.807, 2.05) is 6.07 Å². The first-order valence-corrected chi connectivity index (χ1v) is 7.91. The van der Waals surface area contributed by atoms with Crippen LogP contribution >= 0.6 is 0 Å². The molecule has 0 spiro atoms. The highest BCUT2D eigenvalue weighted by molar-refractivity contribution is 5.79. The Labute approximate surface area is 125 Å². The van der Waals surface area contributed by atoms with Crippen molar-refractivity contribution in [2.45, 2.75) is 49.6 Å². The van der Waals surface area contributed by atoms with Crippen LogP contribution in [0, 0.1) is 0 Å². The van der Waals surface area contributed by atoms with E-state index in [2.05, 4.69) is 29.2 Å². The molecule has 0 bridgehead atoms. The van der Waals surface area contributed by atoms with Crippen LogP contribution in [0.25, 0.3) is 0 Å². The molecule has 3 atom stereocenters. The third-order valence-corrected chi connectivity index (χ3v) is 5.18. The third kappa shape index (κ3) is 2.83. The number of rotatable bonds is 3. The smallest absolute Gasteiger partial charge is 0.325 e. The Morgan fingerprint density at radius 2 is 1.95 bits per heavy atom. The standard InChI is InChI=1S/C17H24N2O2/c18-17(16(20)21)10-11-19(12-17)15-9-5-4-8-14(15)13-6-2-1-3-7-13/h1-3,6-7,14-15H,4-5,8-12,18H2,(H,20,21). The summed E-state index contributed by atoms with van der Waals surface area (Å²) in [6, 6.07) is 11.1. The van der Waals surface area contributed by atoms with Gasteiger partial charge in [0.25, 0.3) is 0 Å². The number of nitrogens with two attached hydrogens (primary N) is 1. The van der Waals surface area contributed by atoms with E-state index < -0.39 is 11.5 Å².